The van der Waals surface area contributed by atoms with E-state index in [0.29, 0.717) is 13.0 Å². The van der Waals surface area contributed by atoms with Crippen molar-refractivity contribution in [1.29, 1.82) is 0 Å². The van der Waals surface area contributed by atoms with Gasteiger partial charge in [-0.2, -0.15) is 0 Å². The molecule has 0 heterocycles. The molecule has 0 amide bonds. The molecule has 67 heavy (non-hydrogen) atoms. The molecule has 0 aromatic carbocycles. The summed E-state index contributed by atoms with van der Waals surface area (Å²) in [4.78, 5) is 12.1. The summed E-state index contributed by atoms with van der Waals surface area (Å²) in [6.07, 6.45) is 71.4. The first-order chi connectivity index (χ1) is 33.2. The summed E-state index contributed by atoms with van der Waals surface area (Å²) < 4.78 is 18.3. The molecular weight excluding hydrogens is 860 g/mol. The van der Waals surface area contributed by atoms with Crippen molar-refractivity contribution in [2.24, 2.45) is 0 Å². The Morgan fingerprint density at radius 1 is 0.284 bits per heavy atom. The summed E-state index contributed by atoms with van der Waals surface area (Å²) in [7, 11) is -0.799. The quantitative estimate of drug-likeness (QED) is 0.0345. The molecule has 4 nitrogen and oxygen atoms in total. The number of carbonyl (C=O) groups excluding carboxylic acids is 1. The van der Waals surface area contributed by atoms with Crippen LogP contribution < -0.4 is 0 Å². The van der Waals surface area contributed by atoms with Crippen molar-refractivity contribution in [3.63, 3.8) is 0 Å². The highest BCUT2D eigenvalue weighted by Gasteiger charge is 2.12. The molecule has 0 fully saturated rings. The van der Waals surface area contributed by atoms with Crippen LogP contribution in [-0.4, -0.2) is 31.5 Å². The summed E-state index contributed by atoms with van der Waals surface area (Å²) in [5, 5.41) is 0. The summed E-state index contributed by atoms with van der Waals surface area (Å²) in [5.74, 6) is 1.21. The lowest BCUT2D eigenvalue weighted by Gasteiger charge is -2.17. The molecule has 0 aromatic heterocycles. The number of ether oxygens (including phenoxy) is 1. The van der Waals surface area contributed by atoms with E-state index in [1.165, 1.54) is 327 Å². The summed E-state index contributed by atoms with van der Waals surface area (Å²) in [6, 6.07) is 0. The van der Waals surface area contributed by atoms with Crippen molar-refractivity contribution in [2.75, 3.05) is 25.6 Å². The Morgan fingerprint density at radius 2 is 0.507 bits per heavy atom. The van der Waals surface area contributed by atoms with Gasteiger partial charge in [0, 0.05) is 12.2 Å². The maximum absolute atomic E-state index is 12.1. The predicted octanol–water partition coefficient (Wildman–Crippen LogP) is 23.3. The number of hydrogen-bond acceptors (Lipinski definition) is 5. The van der Waals surface area contributed by atoms with Crippen LogP contribution in [0.4, 0.5) is 0 Å². The van der Waals surface area contributed by atoms with E-state index in [2.05, 4.69) is 20.8 Å². The van der Waals surface area contributed by atoms with Crippen molar-refractivity contribution in [3.8, 4) is 0 Å². The van der Waals surface area contributed by atoms with Crippen LogP contribution in [0.2, 0.25) is 0 Å². The molecule has 0 aliphatic heterocycles. The highest BCUT2D eigenvalue weighted by molar-refractivity contribution is 8.52. The normalized spacial score (nSPS) is 11.7. The van der Waals surface area contributed by atoms with E-state index in [1.54, 1.807) is 0 Å². The fourth-order valence-corrected chi connectivity index (χ4v) is 12.5. The lowest BCUT2D eigenvalue weighted by Crippen LogP contribution is -2.05. The molecule has 6 heteroatoms. The third kappa shape index (κ3) is 60.4. The zero-order valence-electron chi connectivity index (χ0n) is 46.3. The summed E-state index contributed by atoms with van der Waals surface area (Å²) in [6.45, 7) is 9.29. The zero-order valence-corrected chi connectivity index (χ0v) is 48.0. The molecule has 0 rings (SSSR count). The first kappa shape index (κ1) is 67.2. The molecule has 0 atom stereocenters. The molecule has 0 radical (unpaired) electrons. The summed E-state index contributed by atoms with van der Waals surface area (Å²) >= 11 is 1.98. The molecule has 0 unspecified atom stereocenters. The van der Waals surface area contributed by atoms with Crippen LogP contribution in [0.25, 0.3) is 0 Å². The number of unbranched alkanes of at least 4 members (excludes halogenated alkanes) is 48. The van der Waals surface area contributed by atoms with Gasteiger partial charge in [0.2, 0.25) is 7.58 Å². The molecule has 0 aromatic rings. The van der Waals surface area contributed by atoms with Gasteiger partial charge in [-0.1, -0.05) is 334 Å². The lowest BCUT2D eigenvalue weighted by molar-refractivity contribution is -0.143. The smallest absolute Gasteiger partial charge is 0.305 e. The lowest BCUT2D eigenvalue weighted by atomic mass is 10.0. The van der Waals surface area contributed by atoms with Gasteiger partial charge in [0.25, 0.3) is 0 Å². The number of carbonyl (C=O) groups is 1. The minimum absolute atomic E-state index is 0.0246. The highest BCUT2D eigenvalue weighted by Crippen LogP contribution is 2.52. The van der Waals surface area contributed by atoms with Crippen LogP contribution in [0.15, 0.2) is 0 Å². The van der Waals surface area contributed by atoms with Crippen LogP contribution in [-0.2, 0) is 18.6 Å². The fraction of sp³-hybridized carbons (Fsp3) is 0.984. The van der Waals surface area contributed by atoms with Gasteiger partial charge in [-0.15, -0.1) is 0 Å². The van der Waals surface area contributed by atoms with Crippen molar-refractivity contribution in [1.82, 2.24) is 0 Å². The second-order valence-corrected chi connectivity index (χ2v) is 24.3. The molecule has 0 spiro atoms. The highest BCUT2D eigenvalue weighted by atomic mass is 32.7. The second kappa shape index (κ2) is 62.3. The Labute approximate surface area is 428 Å². The van der Waals surface area contributed by atoms with E-state index < -0.39 is 7.58 Å². The molecule has 0 saturated heterocycles. The van der Waals surface area contributed by atoms with Crippen molar-refractivity contribution in [2.45, 2.75) is 361 Å². The Bertz CT molecular complexity index is 859. The first-order valence-corrected chi connectivity index (χ1v) is 33.9. The molecule has 0 aliphatic rings. The van der Waals surface area contributed by atoms with E-state index in [0.717, 1.165) is 26.1 Å². The van der Waals surface area contributed by atoms with Crippen LogP contribution in [0.1, 0.15) is 361 Å². The van der Waals surface area contributed by atoms with Gasteiger partial charge in [0.15, 0.2) is 0 Å². The van der Waals surface area contributed by atoms with Gasteiger partial charge in [-0.05, 0) is 32.1 Å². The van der Waals surface area contributed by atoms with Gasteiger partial charge in [0.05, 0.1) is 19.8 Å². The number of esters is 1. The third-order valence-electron chi connectivity index (χ3n) is 14.1. The Balaban J connectivity index is 3.83. The van der Waals surface area contributed by atoms with E-state index in [1.807, 2.05) is 11.4 Å². The number of hydrogen-bond donors (Lipinski definition) is 0. The first-order valence-electron chi connectivity index (χ1n) is 31.1. The SMILES string of the molecule is CCCCCCCCCCCCCCCOC(=O)CCCCCCCCCCCCCCCSP(OCCCCCCCCCCCCCCC)OCCCCCCCCCCCCCCC. The van der Waals surface area contributed by atoms with Gasteiger partial charge in [-0.3, -0.25) is 4.79 Å². The second-order valence-electron chi connectivity index (χ2n) is 21.0. The third-order valence-corrected chi connectivity index (χ3v) is 17.4. The molecule has 0 bridgehead atoms. The minimum Gasteiger partial charge on any atom is -0.466 e. The monoisotopic (exact) mass is 983 g/mol. The topological polar surface area (TPSA) is 44.8 Å². The van der Waals surface area contributed by atoms with Gasteiger partial charge < -0.3 is 13.8 Å². The number of rotatable bonds is 61. The molecular formula is C61H123O4PS. The van der Waals surface area contributed by atoms with E-state index in [4.69, 9.17) is 13.8 Å². The largest absolute Gasteiger partial charge is 0.466 e. The molecule has 0 aliphatic carbocycles. The Morgan fingerprint density at radius 3 is 0.791 bits per heavy atom. The van der Waals surface area contributed by atoms with Crippen molar-refractivity contribution < 1.29 is 18.6 Å². The standard InChI is InChI=1S/C61H123O4PS/c1-4-7-10-13-16-19-22-27-32-37-42-47-52-57-63-61(62)56-51-46-41-36-31-26-25-30-35-40-45-50-55-60-67-66(64-58-53-48-43-38-33-28-23-20-17-14-11-8-5-2)65-59-54-49-44-39-34-29-24-21-18-15-12-9-6-3/h4-60H2,1-3H3. The van der Waals surface area contributed by atoms with Crippen LogP contribution >= 0.6 is 19.0 Å². The van der Waals surface area contributed by atoms with E-state index >= 15 is 0 Å². The van der Waals surface area contributed by atoms with Gasteiger partial charge in [0.1, 0.15) is 0 Å². The zero-order chi connectivity index (χ0) is 48.3. The van der Waals surface area contributed by atoms with Crippen molar-refractivity contribution in [3.05, 3.63) is 0 Å². The van der Waals surface area contributed by atoms with E-state index in [-0.39, 0.29) is 5.97 Å². The average molecular weight is 984 g/mol. The van der Waals surface area contributed by atoms with Crippen LogP contribution in [0.5, 0.6) is 0 Å². The average Bonchev–Trinajstić information content (AvgIpc) is 3.33. The maximum Gasteiger partial charge on any atom is 0.305 e. The minimum atomic E-state index is -0.799. The molecule has 0 N–H and O–H groups in total. The fourth-order valence-electron chi connectivity index (χ4n) is 9.46. The van der Waals surface area contributed by atoms with Gasteiger partial charge >= 0.3 is 5.97 Å². The Hall–Kier alpha value is 0.170. The van der Waals surface area contributed by atoms with E-state index in [9.17, 15) is 4.79 Å². The maximum atomic E-state index is 12.1. The van der Waals surface area contributed by atoms with Crippen molar-refractivity contribution >= 4 is 24.9 Å². The summed E-state index contributed by atoms with van der Waals surface area (Å²) in [5.41, 5.74) is 0. The molecule has 0 saturated carbocycles. The predicted molar refractivity (Wildman–Crippen MR) is 304 cm³/mol. The van der Waals surface area contributed by atoms with Gasteiger partial charge in [-0.25, -0.2) is 0 Å². The molecule has 402 valence electrons. The van der Waals surface area contributed by atoms with Crippen LogP contribution in [0.3, 0.4) is 0 Å². The van der Waals surface area contributed by atoms with Crippen LogP contribution in [0, 0.1) is 0 Å². The Kier molecular flexibility index (Phi) is 62.4.